The van der Waals surface area contributed by atoms with Crippen LogP contribution in [0.15, 0.2) is 24.3 Å². The molecule has 1 aromatic rings. The number of rotatable bonds is 2. The molecule has 0 atom stereocenters. The van der Waals surface area contributed by atoms with Crippen LogP contribution in [0.1, 0.15) is 24.2 Å². The molecule has 1 rings (SSSR count). The van der Waals surface area contributed by atoms with E-state index in [1.165, 1.54) is 0 Å². The Balaban J connectivity index is 2.66. The number of halogens is 1. The number of carbonyl (C=O) groups excluding carboxylic acids is 2. The van der Waals surface area contributed by atoms with Gasteiger partial charge in [0.2, 0.25) is 0 Å². The van der Waals surface area contributed by atoms with Crippen molar-refractivity contribution in [2.24, 2.45) is 0 Å². The molecule has 0 unspecified atom stereocenters. The molecule has 3 amide bonds. The van der Waals surface area contributed by atoms with Gasteiger partial charge in [-0.2, -0.15) is 0 Å². The highest BCUT2D eigenvalue weighted by molar-refractivity contribution is 6.34. The molecule has 5 heteroatoms. The summed E-state index contributed by atoms with van der Waals surface area (Å²) < 4.78 is 0. The molecule has 0 aromatic heterocycles. The molecule has 0 bridgehead atoms. The van der Waals surface area contributed by atoms with Crippen LogP contribution in [-0.2, 0) is 0 Å². The zero-order chi connectivity index (χ0) is 12.1. The molecular weight excluding hydrogens is 228 g/mol. The van der Waals surface area contributed by atoms with Crippen LogP contribution in [0, 0.1) is 0 Å². The van der Waals surface area contributed by atoms with Crippen molar-refractivity contribution in [3.63, 3.8) is 0 Å². The van der Waals surface area contributed by atoms with Crippen molar-refractivity contribution >= 4 is 23.5 Å². The summed E-state index contributed by atoms with van der Waals surface area (Å²) in [5.74, 6) is -0.510. The van der Waals surface area contributed by atoms with Crippen LogP contribution in [0.25, 0.3) is 0 Å². The fourth-order valence-corrected chi connectivity index (χ4v) is 1.34. The number of amides is 3. The fraction of sp³-hybridized carbons (Fsp3) is 0.273. The first-order chi connectivity index (χ1) is 7.50. The molecule has 0 aliphatic rings. The summed E-state index contributed by atoms with van der Waals surface area (Å²) in [6, 6.07) is 5.99. The van der Waals surface area contributed by atoms with Crippen LogP contribution in [0.5, 0.6) is 0 Å². The third kappa shape index (κ3) is 3.55. The van der Waals surface area contributed by atoms with Crippen LogP contribution >= 0.6 is 11.6 Å². The maximum absolute atomic E-state index is 11.6. The number of nitrogens with one attached hydrogen (secondary N) is 2. The summed E-state index contributed by atoms with van der Waals surface area (Å²) in [5, 5.41) is 5.06. The van der Waals surface area contributed by atoms with Crippen LogP contribution in [-0.4, -0.2) is 18.0 Å². The van der Waals surface area contributed by atoms with Gasteiger partial charge in [-0.25, -0.2) is 4.79 Å². The van der Waals surface area contributed by atoms with Gasteiger partial charge < -0.3 is 5.32 Å². The summed E-state index contributed by atoms with van der Waals surface area (Å²) in [7, 11) is 0. The Kier molecular flexibility index (Phi) is 4.31. The first kappa shape index (κ1) is 12.5. The monoisotopic (exact) mass is 240 g/mol. The molecule has 0 radical (unpaired) electrons. The van der Waals surface area contributed by atoms with E-state index in [1.807, 2.05) is 0 Å². The molecule has 0 saturated heterocycles. The highest BCUT2D eigenvalue weighted by Crippen LogP contribution is 2.14. The summed E-state index contributed by atoms with van der Waals surface area (Å²) in [5.41, 5.74) is 0.281. The van der Waals surface area contributed by atoms with E-state index >= 15 is 0 Å². The van der Waals surface area contributed by atoms with Gasteiger partial charge in [0.25, 0.3) is 5.91 Å². The molecule has 4 nitrogen and oxygen atoms in total. The van der Waals surface area contributed by atoms with Gasteiger partial charge in [-0.15, -0.1) is 0 Å². The molecular formula is C11H13ClN2O2. The van der Waals surface area contributed by atoms with Gasteiger partial charge >= 0.3 is 6.03 Å². The predicted octanol–water partition coefficient (Wildman–Crippen LogP) is 2.19. The number of benzene rings is 1. The van der Waals surface area contributed by atoms with Crippen molar-refractivity contribution in [1.29, 1.82) is 0 Å². The Bertz CT molecular complexity index is 405. The van der Waals surface area contributed by atoms with Crippen molar-refractivity contribution in [3.05, 3.63) is 34.9 Å². The molecule has 0 aliphatic carbocycles. The van der Waals surface area contributed by atoms with Crippen LogP contribution in [0.4, 0.5) is 4.79 Å². The van der Waals surface area contributed by atoms with E-state index in [2.05, 4.69) is 10.6 Å². The van der Waals surface area contributed by atoms with Crippen molar-refractivity contribution in [2.45, 2.75) is 19.9 Å². The summed E-state index contributed by atoms with van der Waals surface area (Å²) in [6.45, 7) is 3.61. The highest BCUT2D eigenvalue weighted by Gasteiger charge is 2.12. The van der Waals surface area contributed by atoms with E-state index in [9.17, 15) is 9.59 Å². The largest absolute Gasteiger partial charge is 0.336 e. The Morgan fingerprint density at radius 1 is 1.25 bits per heavy atom. The number of carbonyl (C=O) groups is 2. The topological polar surface area (TPSA) is 58.2 Å². The highest BCUT2D eigenvalue weighted by atomic mass is 35.5. The second kappa shape index (κ2) is 5.51. The van der Waals surface area contributed by atoms with Crippen LogP contribution in [0.3, 0.4) is 0 Å². The standard InChI is InChI=1S/C11H13ClN2O2/c1-7(2)13-11(16)14-10(15)8-5-3-4-6-9(8)12/h3-7H,1-2H3,(H2,13,14,15,16). The first-order valence-corrected chi connectivity index (χ1v) is 5.25. The van der Waals surface area contributed by atoms with Gasteiger partial charge in [0.15, 0.2) is 0 Å². The van der Waals surface area contributed by atoms with Gasteiger partial charge in [0.1, 0.15) is 0 Å². The van der Waals surface area contributed by atoms with Gasteiger partial charge in [-0.05, 0) is 26.0 Å². The van der Waals surface area contributed by atoms with Crippen molar-refractivity contribution in [3.8, 4) is 0 Å². The first-order valence-electron chi connectivity index (χ1n) is 4.87. The van der Waals surface area contributed by atoms with E-state index in [4.69, 9.17) is 11.6 Å². The number of hydrogen-bond acceptors (Lipinski definition) is 2. The predicted molar refractivity (Wildman–Crippen MR) is 62.6 cm³/mol. The van der Waals surface area contributed by atoms with Crippen LogP contribution in [0.2, 0.25) is 5.02 Å². The summed E-state index contributed by atoms with van der Waals surface area (Å²) >= 11 is 5.82. The van der Waals surface area contributed by atoms with E-state index in [0.29, 0.717) is 5.02 Å². The van der Waals surface area contributed by atoms with Gasteiger partial charge in [-0.3, -0.25) is 10.1 Å². The summed E-state index contributed by atoms with van der Waals surface area (Å²) in [6.07, 6.45) is 0. The van der Waals surface area contributed by atoms with E-state index < -0.39 is 11.9 Å². The van der Waals surface area contributed by atoms with E-state index in [1.54, 1.807) is 38.1 Å². The smallest absolute Gasteiger partial charge is 0.321 e. The third-order valence-corrected chi connectivity index (χ3v) is 2.09. The van der Waals surface area contributed by atoms with Gasteiger partial charge in [-0.1, -0.05) is 23.7 Å². The molecule has 2 N–H and O–H groups in total. The van der Waals surface area contributed by atoms with E-state index in [0.717, 1.165) is 0 Å². The van der Waals surface area contributed by atoms with E-state index in [-0.39, 0.29) is 11.6 Å². The number of urea groups is 1. The quantitative estimate of drug-likeness (QED) is 0.833. The van der Waals surface area contributed by atoms with Gasteiger partial charge in [0, 0.05) is 6.04 Å². The lowest BCUT2D eigenvalue weighted by molar-refractivity contribution is 0.0964. The molecule has 16 heavy (non-hydrogen) atoms. The van der Waals surface area contributed by atoms with Gasteiger partial charge in [0.05, 0.1) is 10.6 Å². The Morgan fingerprint density at radius 2 is 1.88 bits per heavy atom. The van der Waals surface area contributed by atoms with Crippen molar-refractivity contribution in [1.82, 2.24) is 10.6 Å². The zero-order valence-electron chi connectivity index (χ0n) is 9.08. The molecule has 0 aliphatic heterocycles. The maximum atomic E-state index is 11.6. The second-order valence-electron chi connectivity index (χ2n) is 3.56. The molecule has 0 fully saturated rings. The lowest BCUT2D eigenvalue weighted by Gasteiger charge is -2.09. The lowest BCUT2D eigenvalue weighted by Crippen LogP contribution is -2.42. The average molecular weight is 241 g/mol. The Hall–Kier alpha value is -1.55. The Morgan fingerprint density at radius 3 is 2.44 bits per heavy atom. The molecule has 1 aromatic carbocycles. The average Bonchev–Trinajstić information content (AvgIpc) is 2.16. The minimum atomic E-state index is -0.528. The van der Waals surface area contributed by atoms with Crippen molar-refractivity contribution in [2.75, 3.05) is 0 Å². The zero-order valence-corrected chi connectivity index (χ0v) is 9.84. The fourth-order valence-electron chi connectivity index (χ4n) is 1.11. The maximum Gasteiger partial charge on any atom is 0.321 e. The third-order valence-electron chi connectivity index (χ3n) is 1.77. The van der Waals surface area contributed by atoms with Crippen molar-refractivity contribution < 1.29 is 9.59 Å². The Labute approximate surface area is 99.0 Å². The normalized spacial score (nSPS) is 10.0. The number of hydrogen-bond donors (Lipinski definition) is 2. The van der Waals surface area contributed by atoms with Crippen LogP contribution < -0.4 is 10.6 Å². The molecule has 86 valence electrons. The lowest BCUT2D eigenvalue weighted by atomic mass is 10.2. The second-order valence-corrected chi connectivity index (χ2v) is 3.97. The SMILES string of the molecule is CC(C)NC(=O)NC(=O)c1ccccc1Cl. The molecule has 0 spiro atoms. The molecule has 0 heterocycles. The molecule has 0 saturated carbocycles. The summed E-state index contributed by atoms with van der Waals surface area (Å²) in [4.78, 5) is 22.9. The minimum Gasteiger partial charge on any atom is -0.336 e. The number of imide groups is 1. The minimum absolute atomic E-state index is 0.0287.